The van der Waals surface area contributed by atoms with Crippen LogP contribution in [0.2, 0.25) is 0 Å². The molecule has 1 unspecified atom stereocenters. The van der Waals surface area contributed by atoms with Gasteiger partial charge < -0.3 is 11.7 Å². The molecule has 0 N–H and O–H groups in total. The molecule has 38 valence electrons. The summed E-state index contributed by atoms with van der Waals surface area (Å²) >= 11 is 0. The van der Waals surface area contributed by atoms with Gasteiger partial charge in [0.1, 0.15) is 0 Å². The van der Waals surface area contributed by atoms with E-state index >= 15 is 0 Å². The van der Waals surface area contributed by atoms with Crippen molar-refractivity contribution in [3.63, 3.8) is 0 Å². The molecule has 0 spiro atoms. The van der Waals surface area contributed by atoms with Gasteiger partial charge in [-0.2, -0.15) is 6.42 Å². The van der Waals surface area contributed by atoms with Crippen molar-refractivity contribution < 1.29 is 4.74 Å². The Balaban J connectivity index is 0.000000360. The first-order chi connectivity index (χ1) is 2.93. The quantitative estimate of drug-likeness (QED) is 0.534. The second kappa shape index (κ2) is 2.19. The Bertz CT molecular complexity index is 43.3. The van der Waals surface area contributed by atoms with Crippen LogP contribution < -0.4 is 0 Å². The molecule has 1 aliphatic heterocycles. The van der Waals surface area contributed by atoms with Crippen molar-refractivity contribution in [2.24, 2.45) is 0 Å². The van der Waals surface area contributed by atoms with Crippen LogP contribution in [0.4, 0.5) is 0 Å². The molecule has 1 nitrogen and oxygen atoms in total. The molecule has 0 aliphatic carbocycles. The van der Waals surface area contributed by atoms with Crippen molar-refractivity contribution in [3.05, 3.63) is 6.92 Å². The number of hydrogen-bond donors (Lipinski definition) is 0. The minimum Gasteiger partial charge on any atom is -0.373 e. The molecule has 0 aromatic heterocycles. The first-order valence-electron chi connectivity index (χ1n) is 2.34. The Hall–Kier alpha value is -1.04. The van der Waals surface area contributed by atoms with Gasteiger partial charge in [0.05, 0.1) is 12.7 Å². The van der Waals surface area contributed by atoms with Crippen LogP contribution in [0.5, 0.6) is 0 Å². The van der Waals surface area contributed by atoms with Crippen LogP contribution >= 0.6 is 0 Å². The fourth-order valence-corrected chi connectivity index (χ4v) is 0.462. The van der Waals surface area contributed by atoms with Crippen LogP contribution in [0, 0.1) is 6.92 Å². The van der Waals surface area contributed by atoms with Crippen molar-refractivity contribution in [1.82, 2.24) is 0 Å². The van der Waals surface area contributed by atoms with Gasteiger partial charge in [-0.1, -0.05) is 6.42 Å². The van der Waals surface area contributed by atoms with Gasteiger partial charge in [0.25, 0.3) is 0 Å². The minimum atomic E-state index is 0. The monoisotopic (exact) mass is 352 g/mol. The average molecular weight is 352 g/mol. The molecule has 1 saturated heterocycles. The Morgan fingerprint density at radius 2 is 2.29 bits per heavy atom. The SMILES string of the molecule is [CH2-]CCC1CO1.[Rf]. The Morgan fingerprint density at radius 3 is 2.43 bits per heavy atom. The van der Waals surface area contributed by atoms with Crippen molar-refractivity contribution in [1.29, 1.82) is 0 Å². The molecule has 0 saturated carbocycles. The summed E-state index contributed by atoms with van der Waals surface area (Å²) in [6, 6.07) is 0. The van der Waals surface area contributed by atoms with Crippen molar-refractivity contribution in [2.45, 2.75) is 18.9 Å². The van der Waals surface area contributed by atoms with E-state index in [0.29, 0.717) is 6.10 Å². The normalized spacial score (nSPS) is 26.1. The van der Waals surface area contributed by atoms with Crippen LogP contribution in [-0.4, -0.2) is 12.7 Å². The number of rotatable bonds is 2. The van der Waals surface area contributed by atoms with E-state index in [1.54, 1.807) is 0 Å². The summed E-state index contributed by atoms with van der Waals surface area (Å²) in [6.45, 7) is 4.67. The van der Waals surface area contributed by atoms with E-state index < -0.39 is 0 Å². The van der Waals surface area contributed by atoms with E-state index in [2.05, 4.69) is 6.92 Å². The molecule has 1 rings (SSSR count). The summed E-state index contributed by atoms with van der Waals surface area (Å²) in [5, 5.41) is 0. The average Bonchev–Trinajstić information content (AvgIpc) is 2.21. The second-order valence-electron chi connectivity index (χ2n) is 1.60. The molecular weight excluding hydrogens is 343 g/mol. The number of hydrogen-bond acceptors (Lipinski definition) is 1. The third-order valence-electron chi connectivity index (χ3n) is 0.928. The Kier molecular flexibility index (Phi) is 1.86. The maximum Gasteiger partial charge on any atom is 0.0785 e. The molecule has 0 aromatic rings. The zero-order valence-electron chi connectivity index (χ0n) is 4.52. The standard InChI is InChI=1S/C5H9O.Rf/c1-2-3-5-4-6-5;/h5H,1-4H2;/q-1;. The van der Waals surface area contributed by atoms with Gasteiger partial charge in [0.15, 0.2) is 0 Å². The maximum atomic E-state index is 4.91. The molecule has 0 aromatic carbocycles. The van der Waals surface area contributed by atoms with Crippen molar-refractivity contribution in [3.8, 4) is 0 Å². The molecule has 1 fully saturated rings. The van der Waals surface area contributed by atoms with Gasteiger partial charge in [0, 0.05) is 0 Å². The van der Waals surface area contributed by atoms with Gasteiger partial charge in [-0.3, -0.25) is 0 Å². The Morgan fingerprint density at radius 1 is 1.71 bits per heavy atom. The van der Waals surface area contributed by atoms with E-state index in [4.69, 9.17) is 4.74 Å². The molecule has 2 heteroatoms. The number of ether oxygens (including phenoxy) is 1. The molecule has 0 radical (unpaired) electrons. The van der Waals surface area contributed by atoms with E-state index in [1.165, 1.54) is 0 Å². The van der Waals surface area contributed by atoms with Crippen LogP contribution in [0.15, 0.2) is 0 Å². The summed E-state index contributed by atoms with van der Waals surface area (Å²) in [5.74, 6) is 0. The topological polar surface area (TPSA) is 12.5 Å². The summed E-state index contributed by atoms with van der Waals surface area (Å²) < 4.78 is 4.91. The summed E-state index contributed by atoms with van der Waals surface area (Å²) in [7, 11) is 0. The summed E-state index contributed by atoms with van der Waals surface area (Å²) in [4.78, 5) is 0. The molecule has 1 aliphatic rings. The van der Waals surface area contributed by atoms with Gasteiger partial charge in [-0.05, 0) is 0 Å². The fraction of sp³-hybridized carbons (Fsp3) is 0.800. The van der Waals surface area contributed by atoms with Crippen LogP contribution in [0.1, 0.15) is 12.8 Å². The van der Waals surface area contributed by atoms with Gasteiger partial charge in [-0.15, -0.1) is 0 Å². The summed E-state index contributed by atoms with van der Waals surface area (Å²) in [5.41, 5.74) is 0. The van der Waals surface area contributed by atoms with Crippen LogP contribution in [-0.2, 0) is 4.74 Å². The third-order valence-corrected chi connectivity index (χ3v) is 0.928. The number of epoxide rings is 1. The minimum absolute atomic E-state index is 0. The predicted octanol–water partition coefficient (Wildman–Crippen LogP) is 0.999. The van der Waals surface area contributed by atoms with Crippen LogP contribution in [0.3, 0.4) is 0 Å². The first-order valence-corrected chi connectivity index (χ1v) is 2.34. The van der Waals surface area contributed by atoms with Crippen LogP contribution in [0.25, 0.3) is 0 Å². The van der Waals surface area contributed by atoms with E-state index in [0.717, 1.165) is 19.4 Å². The second-order valence-corrected chi connectivity index (χ2v) is 1.60. The smallest absolute Gasteiger partial charge is 0.0785 e. The largest absolute Gasteiger partial charge is 0.373 e. The molecule has 0 amide bonds. The molecule has 1 heterocycles. The van der Waals surface area contributed by atoms with Crippen molar-refractivity contribution in [2.75, 3.05) is 6.61 Å². The first kappa shape index (κ1) is 5.96. The van der Waals surface area contributed by atoms with Crippen molar-refractivity contribution >= 4 is 0 Å². The third kappa shape index (κ3) is 1.77. The van der Waals surface area contributed by atoms with E-state index in [9.17, 15) is 0 Å². The van der Waals surface area contributed by atoms with E-state index in [1.807, 2.05) is 0 Å². The van der Waals surface area contributed by atoms with Gasteiger partial charge in [-0.25, -0.2) is 0 Å². The van der Waals surface area contributed by atoms with E-state index in [-0.39, 0.29) is 0 Å². The molecule has 0 bridgehead atoms. The van der Waals surface area contributed by atoms with Gasteiger partial charge in [0.2, 0.25) is 0 Å². The van der Waals surface area contributed by atoms with Gasteiger partial charge >= 0.3 is 0 Å². The molecular formula is C5H9ORf-. The molecule has 7 heavy (non-hydrogen) atoms. The maximum absolute atomic E-state index is 4.91. The molecule has 1 atom stereocenters. The zero-order valence-corrected chi connectivity index (χ0v) is 10.9. The predicted molar refractivity (Wildman–Crippen MR) is 24.3 cm³/mol. The fourth-order valence-electron chi connectivity index (χ4n) is 0.462. The zero-order chi connectivity index (χ0) is 4.41. The summed E-state index contributed by atoms with van der Waals surface area (Å²) in [6.07, 6.45) is 2.76. The Labute approximate surface area is 38.3 Å².